The van der Waals surface area contributed by atoms with Crippen LogP contribution in [-0.4, -0.2) is 24.3 Å². The molecule has 1 atom stereocenters. The van der Waals surface area contributed by atoms with Gasteiger partial charge >= 0.3 is 0 Å². The van der Waals surface area contributed by atoms with Gasteiger partial charge in [0.15, 0.2) is 0 Å². The van der Waals surface area contributed by atoms with Crippen molar-refractivity contribution in [2.75, 3.05) is 13.7 Å². The number of hydrogen-bond donors (Lipinski definition) is 1. The SMILES string of the molecule is COc1ccccc1-c1ccc2c(c1)c(C(CCNC1CCCCC1)c1cccc(C)c1)cn2CC1CCCCC1. The molecule has 0 saturated heterocycles. The lowest BCUT2D eigenvalue weighted by molar-refractivity contribution is 0.322. The third-order valence-electron chi connectivity index (χ3n) is 9.80. The van der Waals surface area contributed by atoms with Crippen molar-refractivity contribution in [1.82, 2.24) is 9.88 Å². The van der Waals surface area contributed by atoms with Crippen molar-refractivity contribution in [2.45, 2.75) is 96.1 Å². The summed E-state index contributed by atoms with van der Waals surface area (Å²) in [6.07, 6.45) is 17.3. The molecule has 0 radical (unpaired) electrons. The van der Waals surface area contributed by atoms with Crippen LogP contribution in [-0.2, 0) is 6.54 Å². The molecule has 0 bridgehead atoms. The zero-order valence-electron chi connectivity index (χ0n) is 25.2. The van der Waals surface area contributed by atoms with Gasteiger partial charge in [-0.15, -0.1) is 0 Å². The van der Waals surface area contributed by atoms with Crippen molar-refractivity contribution in [3.8, 4) is 16.9 Å². The molecule has 0 aliphatic heterocycles. The Morgan fingerprint density at radius 3 is 2.41 bits per heavy atom. The van der Waals surface area contributed by atoms with Gasteiger partial charge in [0, 0.05) is 41.2 Å². The van der Waals surface area contributed by atoms with Crippen molar-refractivity contribution in [3.63, 3.8) is 0 Å². The molecule has 2 fully saturated rings. The summed E-state index contributed by atoms with van der Waals surface area (Å²) >= 11 is 0. The number of methoxy groups -OCH3 is 1. The summed E-state index contributed by atoms with van der Waals surface area (Å²) in [5, 5.41) is 5.35. The first-order valence-electron chi connectivity index (χ1n) is 16.3. The van der Waals surface area contributed by atoms with Crippen molar-refractivity contribution in [2.24, 2.45) is 5.92 Å². The van der Waals surface area contributed by atoms with Gasteiger partial charge in [-0.1, -0.05) is 92.6 Å². The van der Waals surface area contributed by atoms with Crippen LogP contribution in [0.1, 0.15) is 93.2 Å². The molecule has 3 heteroatoms. The smallest absolute Gasteiger partial charge is 0.126 e. The Morgan fingerprint density at radius 1 is 0.854 bits per heavy atom. The number of nitrogens with zero attached hydrogens (tertiary/aromatic N) is 1. The van der Waals surface area contributed by atoms with Crippen LogP contribution in [0.3, 0.4) is 0 Å². The normalized spacial score (nSPS) is 17.6. The summed E-state index contributed by atoms with van der Waals surface area (Å²) in [6.45, 7) is 4.42. The molecule has 3 aromatic carbocycles. The Labute approximate surface area is 247 Å². The molecule has 6 rings (SSSR count). The predicted octanol–water partition coefficient (Wildman–Crippen LogP) is 9.65. The molecule has 2 aliphatic rings. The Balaban J connectivity index is 1.41. The highest BCUT2D eigenvalue weighted by Crippen LogP contribution is 2.39. The fraction of sp³-hybridized carbons (Fsp3) is 0.474. The van der Waals surface area contributed by atoms with E-state index in [1.54, 1.807) is 7.11 Å². The molecular weight excluding hydrogens is 500 g/mol. The topological polar surface area (TPSA) is 26.2 Å². The standard InChI is InChI=1S/C38H48N2O/c1-28-12-11-15-30(24-28)33(22-23-39-32-16-7-4-8-17-32)36-27-40(26-29-13-5-3-6-14-29)37-21-20-31(25-35(36)37)34-18-9-10-19-38(34)41-2/h9-12,15,18-21,24-25,27,29,32-33,39H,3-8,13-14,16-17,22-23,26H2,1-2H3. The molecule has 41 heavy (non-hydrogen) atoms. The Morgan fingerprint density at radius 2 is 1.63 bits per heavy atom. The predicted molar refractivity (Wildman–Crippen MR) is 173 cm³/mol. The second-order valence-electron chi connectivity index (χ2n) is 12.7. The first-order valence-corrected chi connectivity index (χ1v) is 16.3. The minimum atomic E-state index is 0.356. The first kappa shape index (κ1) is 28.1. The van der Waals surface area contributed by atoms with Crippen LogP contribution in [0.25, 0.3) is 22.0 Å². The second-order valence-corrected chi connectivity index (χ2v) is 12.7. The quantitative estimate of drug-likeness (QED) is 0.213. The number of fused-ring (bicyclic) bond motifs is 1. The highest BCUT2D eigenvalue weighted by atomic mass is 16.5. The average Bonchev–Trinajstić information content (AvgIpc) is 3.37. The van der Waals surface area contributed by atoms with E-state index in [9.17, 15) is 0 Å². The van der Waals surface area contributed by atoms with E-state index < -0.39 is 0 Å². The Kier molecular flexibility index (Phi) is 9.11. The molecule has 1 aromatic heterocycles. The zero-order chi connectivity index (χ0) is 28.0. The number of aromatic nitrogens is 1. The van der Waals surface area contributed by atoms with Crippen LogP contribution >= 0.6 is 0 Å². The zero-order valence-corrected chi connectivity index (χ0v) is 25.2. The summed E-state index contributed by atoms with van der Waals surface area (Å²) in [4.78, 5) is 0. The highest BCUT2D eigenvalue weighted by molar-refractivity contribution is 5.90. The monoisotopic (exact) mass is 548 g/mol. The summed E-state index contributed by atoms with van der Waals surface area (Å²) in [5.41, 5.74) is 8.03. The number of aryl methyl sites for hydroxylation is 1. The van der Waals surface area contributed by atoms with E-state index in [1.165, 1.54) is 97.4 Å². The lowest BCUT2D eigenvalue weighted by Gasteiger charge is -2.25. The van der Waals surface area contributed by atoms with Gasteiger partial charge in [-0.05, 0) is 86.4 Å². The van der Waals surface area contributed by atoms with E-state index in [-0.39, 0.29) is 0 Å². The third kappa shape index (κ3) is 6.56. The maximum Gasteiger partial charge on any atom is 0.126 e. The van der Waals surface area contributed by atoms with E-state index in [1.807, 2.05) is 0 Å². The molecule has 1 heterocycles. The Hall–Kier alpha value is -3.04. The third-order valence-corrected chi connectivity index (χ3v) is 9.80. The molecule has 4 aromatic rings. The fourth-order valence-electron chi connectivity index (χ4n) is 7.58. The molecule has 1 N–H and O–H groups in total. The molecule has 0 amide bonds. The van der Waals surface area contributed by atoms with Gasteiger partial charge in [-0.25, -0.2) is 0 Å². The molecule has 1 unspecified atom stereocenters. The average molecular weight is 549 g/mol. The minimum absolute atomic E-state index is 0.356. The summed E-state index contributed by atoms with van der Waals surface area (Å²) in [5.74, 6) is 2.07. The lowest BCUT2D eigenvalue weighted by Crippen LogP contribution is -2.32. The van der Waals surface area contributed by atoms with Gasteiger partial charge in [0.25, 0.3) is 0 Å². The molecular formula is C38H48N2O. The van der Waals surface area contributed by atoms with Crippen molar-refractivity contribution in [3.05, 3.63) is 89.6 Å². The highest BCUT2D eigenvalue weighted by Gasteiger charge is 2.23. The van der Waals surface area contributed by atoms with Gasteiger partial charge in [0.05, 0.1) is 7.11 Å². The van der Waals surface area contributed by atoms with Crippen LogP contribution in [0.15, 0.2) is 72.9 Å². The molecule has 2 aliphatic carbocycles. The number of rotatable bonds is 10. The Bertz CT molecular complexity index is 1420. The van der Waals surface area contributed by atoms with E-state index in [2.05, 4.69) is 89.7 Å². The largest absolute Gasteiger partial charge is 0.496 e. The van der Waals surface area contributed by atoms with Gasteiger partial charge in [0.2, 0.25) is 0 Å². The number of nitrogens with one attached hydrogen (secondary N) is 1. The van der Waals surface area contributed by atoms with Gasteiger partial charge < -0.3 is 14.6 Å². The first-order chi connectivity index (χ1) is 20.2. The summed E-state index contributed by atoms with van der Waals surface area (Å²) < 4.78 is 8.38. The lowest BCUT2D eigenvalue weighted by atomic mass is 9.86. The molecule has 3 nitrogen and oxygen atoms in total. The maximum atomic E-state index is 5.77. The van der Waals surface area contributed by atoms with E-state index in [4.69, 9.17) is 4.74 Å². The van der Waals surface area contributed by atoms with Crippen molar-refractivity contribution >= 4 is 10.9 Å². The number of para-hydroxylation sites is 1. The van der Waals surface area contributed by atoms with Gasteiger partial charge in [-0.2, -0.15) is 0 Å². The van der Waals surface area contributed by atoms with Gasteiger partial charge in [0.1, 0.15) is 5.75 Å². The van der Waals surface area contributed by atoms with E-state index in [0.717, 1.165) is 36.7 Å². The van der Waals surface area contributed by atoms with E-state index in [0.29, 0.717) is 12.0 Å². The van der Waals surface area contributed by atoms with E-state index >= 15 is 0 Å². The molecule has 216 valence electrons. The number of ether oxygens (including phenoxy) is 1. The minimum Gasteiger partial charge on any atom is -0.496 e. The fourth-order valence-corrected chi connectivity index (χ4v) is 7.58. The maximum absolute atomic E-state index is 5.77. The molecule has 2 saturated carbocycles. The summed E-state index contributed by atoms with van der Waals surface area (Å²) in [6, 6.07) is 25.5. The van der Waals surface area contributed by atoms with Crippen LogP contribution in [0.5, 0.6) is 5.75 Å². The second kappa shape index (κ2) is 13.3. The van der Waals surface area contributed by atoms with Crippen LogP contribution in [0.4, 0.5) is 0 Å². The van der Waals surface area contributed by atoms with Crippen LogP contribution < -0.4 is 10.1 Å². The van der Waals surface area contributed by atoms with Crippen LogP contribution in [0, 0.1) is 12.8 Å². The van der Waals surface area contributed by atoms with Crippen molar-refractivity contribution in [1.29, 1.82) is 0 Å². The van der Waals surface area contributed by atoms with Crippen molar-refractivity contribution < 1.29 is 4.74 Å². The number of hydrogen-bond acceptors (Lipinski definition) is 2. The molecule has 0 spiro atoms. The number of benzene rings is 3. The summed E-state index contributed by atoms with van der Waals surface area (Å²) in [7, 11) is 1.77. The van der Waals surface area contributed by atoms with Crippen LogP contribution in [0.2, 0.25) is 0 Å². The van der Waals surface area contributed by atoms with Gasteiger partial charge in [-0.3, -0.25) is 0 Å².